The molecule has 0 aliphatic carbocycles. The monoisotopic (exact) mass is 254 g/mol. The van der Waals surface area contributed by atoms with E-state index in [1.807, 2.05) is 0 Å². The molecule has 0 bridgehead atoms. The molecule has 1 amide bonds. The third-order valence-corrected chi connectivity index (χ3v) is 2.05. The molecule has 4 nitrogen and oxygen atoms in total. The summed E-state index contributed by atoms with van der Waals surface area (Å²) in [5.74, 6) is -0.420. The summed E-state index contributed by atoms with van der Waals surface area (Å²) >= 11 is 1.26. The van der Waals surface area contributed by atoms with Crippen LogP contribution in [0.4, 0.5) is 13.2 Å². The Balaban J connectivity index is 2.10. The van der Waals surface area contributed by atoms with Crippen LogP contribution < -0.4 is 5.32 Å². The van der Waals surface area contributed by atoms with Crippen LogP contribution in [-0.2, 0) is 4.74 Å². The molecular formula is C8H9F3N2O2S. The number of nitrogens with zero attached hydrogens (tertiary/aromatic N) is 1. The molecule has 1 aromatic rings. The van der Waals surface area contributed by atoms with Crippen molar-refractivity contribution in [3.63, 3.8) is 0 Å². The van der Waals surface area contributed by atoms with E-state index in [2.05, 4.69) is 15.0 Å². The smallest absolute Gasteiger partial charge is 0.370 e. The molecule has 16 heavy (non-hydrogen) atoms. The fourth-order valence-electron chi connectivity index (χ4n) is 0.840. The van der Waals surface area contributed by atoms with Crippen LogP contribution in [-0.4, -0.2) is 36.8 Å². The first-order valence-corrected chi connectivity index (χ1v) is 5.24. The molecule has 0 aliphatic heterocycles. The number of hydrogen-bond donors (Lipinski definition) is 1. The van der Waals surface area contributed by atoms with Gasteiger partial charge in [0.15, 0.2) is 0 Å². The van der Waals surface area contributed by atoms with Gasteiger partial charge in [-0.1, -0.05) is 0 Å². The molecule has 0 radical (unpaired) electrons. The SMILES string of the molecule is O=C(NCCOCC(F)(F)F)c1cscn1. The first-order valence-electron chi connectivity index (χ1n) is 4.30. The number of amides is 1. The summed E-state index contributed by atoms with van der Waals surface area (Å²) < 4.78 is 39.2. The van der Waals surface area contributed by atoms with Gasteiger partial charge < -0.3 is 10.1 Å². The summed E-state index contributed by atoms with van der Waals surface area (Å²) in [6, 6.07) is 0. The highest BCUT2D eigenvalue weighted by Crippen LogP contribution is 2.13. The van der Waals surface area contributed by atoms with Crippen molar-refractivity contribution in [2.24, 2.45) is 0 Å². The van der Waals surface area contributed by atoms with Crippen molar-refractivity contribution in [3.8, 4) is 0 Å². The number of hydrogen-bond acceptors (Lipinski definition) is 4. The second kappa shape index (κ2) is 5.80. The molecule has 1 heterocycles. The Labute approximate surface area is 93.4 Å². The van der Waals surface area contributed by atoms with Crippen LogP contribution in [0, 0.1) is 0 Å². The summed E-state index contributed by atoms with van der Waals surface area (Å²) in [4.78, 5) is 15.0. The summed E-state index contributed by atoms with van der Waals surface area (Å²) in [6.07, 6.45) is -4.33. The lowest BCUT2D eigenvalue weighted by Crippen LogP contribution is -2.29. The number of nitrogens with one attached hydrogen (secondary N) is 1. The molecule has 0 saturated heterocycles. The maximum Gasteiger partial charge on any atom is 0.411 e. The number of thiazole rings is 1. The third kappa shape index (κ3) is 5.08. The van der Waals surface area contributed by atoms with Gasteiger partial charge in [-0.25, -0.2) is 4.98 Å². The molecule has 1 rings (SSSR count). The van der Waals surface area contributed by atoms with Crippen molar-refractivity contribution in [1.82, 2.24) is 10.3 Å². The minimum Gasteiger partial charge on any atom is -0.370 e. The average Bonchev–Trinajstić information content (AvgIpc) is 2.67. The zero-order chi connectivity index (χ0) is 12.0. The number of ether oxygens (including phenoxy) is 1. The molecular weight excluding hydrogens is 245 g/mol. The summed E-state index contributed by atoms with van der Waals surface area (Å²) in [5, 5.41) is 3.93. The van der Waals surface area contributed by atoms with E-state index in [0.717, 1.165) is 0 Å². The lowest BCUT2D eigenvalue weighted by molar-refractivity contribution is -0.173. The normalized spacial score (nSPS) is 11.4. The van der Waals surface area contributed by atoms with Crippen molar-refractivity contribution in [1.29, 1.82) is 0 Å². The maximum atomic E-state index is 11.6. The predicted octanol–water partition coefficient (Wildman–Crippen LogP) is 1.45. The van der Waals surface area contributed by atoms with Gasteiger partial charge >= 0.3 is 6.18 Å². The van der Waals surface area contributed by atoms with Crippen LogP contribution in [0.3, 0.4) is 0 Å². The fraction of sp³-hybridized carbons (Fsp3) is 0.500. The summed E-state index contributed by atoms with van der Waals surface area (Å²) in [5.41, 5.74) is 1.75. The Morgan fingerprint density at radius 2 is 2.31 bits per heavy atom. The highest BCUT2D eigenvalue weighted by atomic mass is 32.1. The zero-order valence-electron chi connectivity index (χ0n) is 8.08. The van der Waals surface area contributed by atoms with Gasteiger partial charge in [-0.05, 0) is 0 Å². The Hall–Kier alpha value is -1.15. The summed E-state index contributed by atoms with van der Waals surface area (Å²) in [7, 11) is 0. The average molecular weight is 254 g/mol. The van der Waals surface area contributed by atoms with E-state index in [1.165, 1.54) is 16.8 Å². The minimum atomic E-state index is -4.33. The number of aromatic nitrogens is 1. The van der Waals surface area contributed by atoms with E-state index in [1.54, 1.807) is 5.38 Å². The van der Waals surface area contributed by atoms with Crippen LogP contribution in [0.25, 0.3) is 0 Å². The number of alkyl halides is 3. The Kier molecular flexibility index (Phi) is 4.69. The molecule has 0 saturated carbocycles. The molecule has 0 aliphatic rings. The van der Waals surface area contributed by atoms with E-state index in [-0.39, 0.29) is 18.8 Å². The van der Waals surface area contributed by atoms with Gasteiger partial charge in [-0.15, -0.1) is 11.3 Å². The van der Waals surface area contributed by atoms with E-state index in [4.69, 9.17) is 0 Å². The quantitative estimate of drug-likeness (QED) is 0.809. The molecule has 1 aromatic heterocycles. The van der Waals surface area contributed by atoms with Crippen LogP contribution in [0.15, 0.2) is 10.9 Å². The standard InChI is InChI=1S/C8H9F3N2O2S/c9-8(10,11)4-15-2-1-12-7(14)6-3-16-5-13-6/h3,5H,1-2,4H2,(H,12,14). The molecule has 0 fully saturated rings. The van der Waals surface area contributed by atoms with Crippen molar-refractivity contribution < 1.29 is 22.7 Å². The second-order valence-corrected chi connectivity index (χ2v) is 3.52. The topological polar surface area (TPSA) is 51.2 Å². The van der Waals surface area contributed by atoms with Crippen LogP contribution >= 0.6 is 11.3 Å². The lowest BCUT2D eigenvalue weighted by Gasteiger charge is -2.07. The lowest BCUT2D eigenvalue weighted by atomic mass is 10.4. The van der Waals surface area contributed by atoms with Crippen molar-refractivity contribution >= 4 is 17.2 Å². The van der Waals surface area contributed by atoms with Gasteiger partial charge in [-0.2, -0.15) is 13.2 Å². The van der Waals surface area contributed by atoms with Gasteiger partial charge in [0.25, 0.3) is 5.91 Å². The first kappa shape index (κ1) is 12.9. The van der Waals surface area contributed by atoms with Crippen LogP contribution in [0.2, 0.25) is 0 Å². The minimum absolute atomic E-state index is 0.0203. The van der Waals surface area contributed by atoms with E-state index in [0.29, 0.717) is 0 Å². The second-order valence-electron chi connectivity index (χ2n) is 2.80. The molecule has 1 N–H and O–H groups in total. The van der Waals surface area contributed by atoms with Crippen molar-refractivity contribution in [2.75, 3.05) is 19.8 Å². The molecule has 0 spiro atoms. The van der Waals surface area contributed by atoms with Gasteiger partial charge in [0.1, 0.15) is 12.3 Å². The third-order valence-electron chi connectivity index (χ3n) is 1.46. The van der Waals surface area contributed by atoms with Crippen LogP contribution in [0.5, 0.6) is 0 Å². The number of rotatable bonds is 5. The molecule has 0 unspecified atom stereocenters. The number of carbonyl (C=O) groups is 1. The van der Waals surface area contributed by atoms with E-state index >= 15 is 0 Å². The zero-order valence-corrected chi connectivity index (χ0v) is 8.90. The number of halogens is 3. The first-order chi connectivity index (χ1) is 7.49. The van der Waals surface area contributed by atoms with Gasteiger partial charge in [0.2, 0.25) is 0 Å². The van der Waals surface area contributed by atoms with Gasteiger partial charge in [0.05, 0.1) is 12.1 Å². The molecule has 8 heteroatoms. The summed E-state index contributed by atoms with van der Waals surface area (Å²) in [6.45, 7) is -1.47. The van der Waals surface area contributed by atoms with Crippen molar-refractivity contribution in [2.45, 2.75) is 6.18 Å². The largest absolute Gasteiger partial charge is 0.411 e. The van der Waals surface area contributed by atoms with Gasteiger partial charge in [0, 0.05) is 11.9 Å². The molecule has 0 atom stereocenters. The fourth-order valence-corrected chi connectivity index (χ4v) is 1.37. The van der Waals surface area contributed by atoms with Crippen molar-refractivity contribution in [3.05, 3.63) is 16.6 Å². The Bertz CT molecular complexity index is 327. The molecule has 90 valence electrons. The highest BCUT2D eigenvalue weighted by molar-refractivity contribution is 7.07. The molecule has 0 aromatic carbocycles. The Morgan fingerprint density at radius 1 is 1.56 bits per heavy atom. The maximum absolute atomic E-state index is 11.6. The highest BCUT2D eigenvalue weighted by Gasteiger charge is 2.27. The van der Waals surface area contributed by atoms with Gasteiger partial charge in [-0.3, -0.25) is 4.79 Å². The predicted molar refractivity (Wildman–Crippen MR) is 51.3 cm³/mol. The Morgan fingerprint density at radius 3 is 2.88 bits per heavy atom. The number of carbonyl (C=O) groups excluding carboxylic acids is 1. The van der Waals surface area contributed by atoms with E-state index in [9.17, 15) is 18.0 Å². The van der Waals surface area contributed by atoms with E-state index < -0.39 is 18.7 Å². The van der Waals surface area contributed by atoms with Crippen LogP contribution in [0.1, 0.15) is 10.5 Å².